The van der Waals surface area contributed by atoms with Crippen molar-refractivity contribution in [2.45, 2.75) is 80.6 Å². The maximum Gasteiger partial charge on any atom is 0.303 e. The minimum Gasteiger partial charge on any atom is -0.481 e. The lowest BCUT2D eigenvalue weighted by atomic mass is 9.82. The molecule has 2 aliphatic rings. The van der Waals surface area contributed by atoms with Crippen LogP contribution in [0.15, 0.2) is 0 Å². The van der Waals surface area contributed by atoms with Crippen LogP contribution in [0.3, 0.4) is 0 Å². The number of nitrogens with one attached hydrogen (secondary N) is 1. The summed E-state index contributed by atoms with van der Waals surface area (Å²) < 4.78 is 0.745. The van der Waals surface area contributed by atoms with E-state index in [9.17, 15) is 9.59 Å². The zero-order valence-corrected chi connectivity index (χ0v) is 15.4. The molecule has 0 aromatic heterocycles. The van der Waals surface area contributed by atoms with Gasteiger partial charge in [0.05, 0.1) is 0 Å². The van der Waals surface area contributed by atoms with Crippen LogP contribution < -0.4 is 5.32 Å². The number of rotatable bonds is 6. The second-order valence-electron chi connectivity index (χ2n) is 6.97. The number of hydrogen-bond acceptors (Lipinski definition) is 2. The number of amides is 1. The van der Waals surface area contributed by atoms with Gasteiger partial charge in [0.2, 0.25) is 5.91 Å². The maximum absolute atomic E-state index is 12.4. The number of carboxylic acids is 1. The van der Waals surface area contributed by atoms with E-state index in [0.717, 1.165) is 48.9 Å². The second-order valence-corrected chi connectivity index (χ2v) is 8.73. The average molecular weight is 421 g/mol. The Labute approximate surface area is 146 Å². The summed E-state index contributed by atoms with van der Waals surface area (Å²) in [4.78, 5) is 23.0. The number of halogens is 1. The smallest absolute Gasteiger partial charge is 0.303 e. The van der Waals surface area contributed by atoms with Crippen LogP contribution in [-0.2, 0) is 9.59 Å². The Morgan fingerprint density at radius 2 is 1.82 bits per heavy atom. The van der Waals surface area contributed by atoms with Crippen molar-refractivity contribution in [1.29, 1.82) is 0 Å². The van der Waals surface area contributed by atoms with Crippen LogP contribution in [-0.4, -0.2) is 26.9 Å². The maximum atomic E-state index is 12.4. The fourth-order valence-corrected chi connectivity index (χ4v) is 4.58. The van der Waals surface area contributed by atoms with Crippen LogP contribution in [0.2, 0.25) is 0 Å². The van der Waals surface area contributed by atoms with Crippen molar-refractivity contribution >= 4 is 34.5 Å². The van der Waals surface area contributed by atoms with Crippen LogP contribution in [0.4, 0.5) is 0 Å². The SMILES string of the molecule is O=C(O)CCCC1CCCC(NC(=O)C2CCC(I)CC2)C1. The molecule has 5 heteroatoms. The van der Waals surface area contributed by atoms with Crippen molar-refractivity contribution in [3.05, 3.63) is 0 Å². The Hall–Kier alpha value is -0.330. The van der Waals surface area contributed by atoms with E-state index < -0.39 is 5.97 Å². The fraction of sp³-hybridized carbons (Fsp3) is 0.882. The Morgan fingerprint density at radius 3 is 2.50 bits per heavy atom. The molecular formula is C17H28INO3. The number of hydrogen-bond donors (Lipinski definition) is 2. The van der Waals surface area contributed by atoms with E-state index in [1.165, 1.54) is 19.3 Å². The molecule has 2 atom stereocenters. The number of carboxylic acid groups (broad SMARTS) is 1. The molecule has 0 saturated heterocycles. The Bertz CT molecular complexity index is 380. The van der Waals surface area contributed by atoms with Gasteiger partial charge in [-0.1, -0.05) is 35.4 Å². The molecule has 0 spiro atoms. The van der Waals surface area contributed by atoms with Gasteiger partial charge in [0, 0.05) is 22.3 Å². The summed E-state index contributed by atoms with van der Waals surface area (Å²) in [5, 5.41) is 12.0. The molecule has 0 aliphatic heterocycles. The Morgan fingerprint density at radius 1 is 1.09 bits per heavy atom. The monoisotopic (exact) mass is 421 g/mol. The molecule has 2 unspecified atom stereocenters. The number of carbonyl (C=O) groups is 2. The minimum absolute atomic E-state index is 0.221. The third-order valence-electron chi connectivity index (χ3n) is 5.16. The lowest BCUT2D eigenvalue weighted by Crippen LogP contribution is -2.42. The van der Waals surface area contributed by atoms with Crippen molar-refractivity contribution in [3.63, 3.8) is 0 Å². The molecule has 2 N–H and O–H groups in total. The highest BCUT2D eigenvalue weighted by molar-refractivity contribution is 14.1. The van der Waals surface area contributed by atoms with E-state index >= 15 is 0 Å². The average Bonchev–Trinajstić information content (AvgIpc) is 2.48. The van der Waals surface area contributed by atoms with Crippen molar-refractivity contribution in [2.75, 3.05) is 0 Å². The second kappa shape index (κ2) is 9.08. The predicted octanol–water partition coefficient (Wildman–Crippen LogP) is 3.91. The van der Waals surface area contributed by atoms with Gasteiger partial charge in [-0.05, 0) is 57.3 Å². The van der Waals surface area contributed by atoms with E-state index in [1.807, 2.05) is 0 Å². The highest BCUT2D eigenvalue weighted by Crippen LogP contribution is 2.31. The van der Waals surface area contributed by atoms with Crippen LogP contribution in [0, 0.1) is 11.8 Å². The summed E-state index contributed by atoms with van der Waals surface area (Å²) in [6, 6.07) is 0.313. The van der Waals surface area contributed by atoms with Gasteiger partial charge >= 0.3 is 5.97 Å². The van der Waals surface area contributed by atoms with Crippen LogP contribution in [0.5, 0.6) is 0 Å². The molecule has 1 amide bonds. The first-order chi connectivity index (χ1) is 10.5. The first-order valence-electron chi connectivity index (χ1n) is 8.71. The quantitative estimate of drug-likeness (QED) is 0.505. The van der Waals surface area contributed by atoms with E-state index in [1.54, 1.807) is 0 Å². The van der Waals surface area contributed by atoms with Gasteiger partial charge < -0.3 is 10.4 Å². The summed E-state index contributed by atoms with van der Waals surface area (Å²) in [5.74, 6) is 0.368. The highest BCUT2D eigenvalue weighted by atomic mass is 127. The molecule has 2 aliphatic carbocycles. The summed E-state index contributed by atoms with van der Waals surface area (Å²) in [7, 11) is 0. The largest absolute Gasteiger partial charge is 0.481 e. The number of alkyl halides is 1. The Kier molecular flexibility index (Phi) is 7.44. The van der Waals surface area contributed by atoms with Gasteiger partial charge in [-0.3, -0.25) is 9.59 Å². The molecule has 2 saturated carbocycles. The summed E-state index contributed by atoms with van der Waals surface area (Å²) in [6.07, 6.45) is 10.9. The van der Waals surface area contributed by atoms with Crippen LogP contribution >= 0.6 is 22.6 Å². The molecular weight excluding hydrogens is 393 g/mol. The lowest BCUT2D eigenvalue weighted by molar-refractivity contribution is -0.137. The highest BCUT2D eigenvalue weighted by Gasteiger charge is 2.28. The topological polar surface area (TPSA) is 66.4 Å². The van der Waals surface area contributed by atoms with Gasteiger partial charge in [0.15, 0.2) is 0 Å². The third-order valence-corrected chi connectivity index (χ3v) is 6.41. The fourth-order valence-electron chi connectivity index (χ4n) is 3.86. The van der Waals surface area contributed by atoms with E-state index in [4.69, 9.17) is 5.11 Å². The van der Waals surface area contributed by atoms with Crippen LogP contribution in [0.1, 0.15) is 70.6 Å². The van der Waals surface area contributed by atoms with Gasteiger partial charge in [-0.25, -0.2) is 0 Å². The molecule has 2 rings (SSSR count). The van der Waals surface area contributed by atoms with E-state index in [0.29, 0.717) is 12.0 Å². The molecule has 22 heavy (non-hydrogen) atoms. The predicted molar refractivity (Wildman–Crippen MR) is 95.1 cm³/mol. The zero-order valence-electron chi connectivity index (χ0n) is 13.2. The molecule has 0 aromatic carbocycles. The van der Waals surface area contributed by atoms with Gasteiger partial charge in [0.1, 0.15) is 0 Å². The first kappa shape index (κ1) is 18.0. The molecule has 0 heterocycles. The summed E-state index contributed by atoms with van der Waals surface area (Å²) in [5.41, 5.74) is 0. The number of aliphatic carboxylic acids is 1. The van der Waals surface area contributed by atoms with Crippen molar-refractivity contribution in [2.24, 2.45) is 11.8 Å². The molecule has 4 nitrogen and oxygen atoms in total. The van der Waals surface area contributed by atoms with Crippen LogP contribution in [0.25, 0.3) is 0 Å². The normalized spacial score (nSPS) is 32.4. The zero-order chi connectivity index (χ0) is 15.9. The third kappa shape index (κ3) is 6.05. The van der Waals surface area contributed by atoms with Crippen molar-refractivity contribution < 1.29 is 14.7 Å². The Balaban J connectivity index is 1.70. The van der Waals surface area contributed by atoms with E-state index in [2.05, 4.69) is 27.9 Å². The first-order valence-corrected chi connectivity index (χ1v) is 9.95. The van der Waals surface area contributed by atoms with Gasteiger partial charge in [-0.15, -0.1) is 0 Å². The van der Waals surface area contributed by atoms with Crippen molar-refractivity contribution in [1.82, 2.24) is 5.32 Å². The van der Waals surface area contributed by atoms with E-state index in [-0.39, 0.29) is 18.2 Å². The standard InChI is InChI=1S/C17H28INO3/c18-14-9-7-13(8-10-14)17(22)19-15-5-1-3-12(11-15)4-2-6-16(20)21/h12-15H,1-11H2,(H,19,22)(H,20,21). The molecule has 2 fully saturated rings. The van der Waals surface area contributed by atoms with Crippen molar-refractivity contribution in [3.8, 4) is 0 Å². The summed E-state index contributed by atoms with van der Waals surface area (Å²) >= 11 is 2.49. The molecule has 0 aromatic rings. The lowest BCUT2D eigenvalue weighted by Gasteiger charge is -2.32. The number of carbonyl (C=O) groups excluding carboxylic acids is 1. The minimum atomic E-state index is -0.702. The van der Waals surface area contributed by atoms with Gasteiger partial charge in [-0.2, -0.15) is 0 Å². The molecule has 126 valence electrons. The summed E-state index contributed by atoms with van der Waals surface area (Å²) in [6.45, 7) is 0. The molecule has 0 radical (unpaired) electrons. The van der Waals surface area contributed by atoms with Gasteiger partial charge in [0.25, 0.3) is 0 Å². The molecule has 0 bridgehead atoms.